The van der Waals surface area contributed by atoms with Gasteiger partial charge in [-0.25, -0.2) is 14.5 Å². The van der Waals surface area contributed by atoms with Crippen molar-refractivity contribution in [2.24, 2.45) is 0 Å². The van der Waals surface area contributed by atoms with Crippen molar-refractivity contribution in [3.63, 3.8) is 0 Å². The molecule has 0 saturated heterocycles. The van der Waals surface area contributed by atoms with Crippen molar-refractivity contribution < 1.29 is 19.4 Å². The van der Waals surface area contributed by atoms with Crippen LogP contribution in [0.25, 0.3) is 0 Å². The minimum atomic E-state index is -0.697. The molecule has 0 atom stereocenters. The number of carbonyl (C=O) groups is 2. The molecule has 3 amide bonds. The number of ether oxygens (including phenoxy) is 1. The van der Waals surface area contributed by atoms with Crippen molar-refractivity contribution in [3.8, 4) is 0 Å². The van der Waals surface area contributed by atoms with Gasteiger partial charge in [-0.3, -0.25) is 0 Å². The van der Waals surface area contributed by atoms with Crippen LogP contribution in [0.4, 0.5) is 9.59 Å². The molecule has 0 saturated carbocycles. The number of unbranched alkanes of at least 4 members (excludes halogenated alkanes) is 1. The Labute approximate surface area is 102 Å². The summed E-state index contributed by atoms with van der Waals surface area (Å²) in [6.07, 6.45) is 0.848. The lowest BCUT2D eigenvalue weighted by atomic mass is 10.2. The van der Waals surface area contributed by atoms with Gasteiger partial charge in [-0.1, -0.05) is 13.3 Å². The Bertz CT molecular complexity index is 261. The molecule has 0 unspecified atom stereocenters. The molecule has 0 aliphatic heterocycles. The normalized spacial score (nSPS) is 10.9. The third kappa shape index (κ3) is 6.78. The Morgan fingerprint density at radius 1 is 1.35 bits per heavy atom. The number of hydrogen-bond acceptors (Lipinski definition) is 4. The fourth-order valence-electron chi connectivity index (χ4n) is 1.07. The Morgan fingerprint density at radius 2 is 1.94 bits per heavy atom. The predicted octanol–water partition coefficient (Wildman–Crippen LogP) is 1.68. The van der Waals surface area contributed by atoms with Crippen LogP contribution in [0.3, 0.4) is 0 Å². The average molecular weight is 246 g/mol. The molecule has 0 radical (unpaired) electrons. The van der Waals surface area contributed by atoms with E-state index in [0.29, 0.717) is 6.42 Å². The Balaban J connectivity index is 4.55. The Kier molecular flexibility index (Phi) is 6.57. The van der Waals surface area contributed by atoms with Crippen LogP contribution in [0.5, 0.6) is 0 Å². The van der Waals surface area contributed by atoms with E-state index in [2.05, 4.69) is 5.32 Å². The van der Waals surface area contributed by atoms with Gasteiger partial charge in [-0.2, -0.15) is 0 Å². The van der Waals surface area contributed by atoms with Crippen molar-refractivity contribution in [3.05, 3.63) is 0 Å². The Hall–Kier alpha value is -1.30. The van der Waals surface area contributed by atoms with Crippen LogP contribution in [0.1, 0.15) is 40.5 Å². The van der Waals surface area contributed by atoms with Gasteiger partial charge in [0.2, 0.25) is 0 Å². The van der Waals surface area contributed by atoms with E-state index in [9.17, 15) is 9.59 Å². The molecule has 100 valence electrons. The number of rotatable bonds is 4. The van der Waals surface area contributed by atoms with E-state index >= 15 is 0 Å². The summed E-state index contributed by atoms with van der Waals surface area (Å²) < 4.78 is 5.11. The van der Waals surface area contributed by atoms with Crippen LogP contribution in [0.2, 0.25) is 0 Å². The van der Waals surface area contributed by atoms with Gasteiger partial charge in [0.25, 0.3) is 0 Å². The van der Waals surface area contributed by atoms with Gasteiger partial charge in [0, 0.05) is 6.54 Å². The van der Waals surface area contributed by atoms with Crippen LogP contribution in [-0.4, -0.2) is 41.0 Å². The minimum absolute atomic E-state index is 0.275. The van der Waals surface area contributed by atoms with Gasteiger partial charge in [-0.05, 0) is 27.2 Å². The molecule has 0 aliphatic carbocycles. The number of nitrogens with zero attached hydrogens (tertiary/aromatic N) is 1. The van der Waals surface area contributed by atoms with E-state index < -0.39 is 24.5 Å². The minimum Gasteiger partial charge on any atom is -0.443 e. The second-order valence-electron chi connectivity index (χ2n) is 4.63. The highest BCUT2D eigenvalue weighted by molar-refractivity contribution is 5.90. The van der Waals surface area contributed by atoms with E-state index in [1.54, 1.807) is 20.8 Å². The number of hydrogen-bond donors (Lipinski definition) is 2. The number of carbonyl (C=O) groups excluding carboxylic acids is 2. The van der Waals surface area contributed by atoms with Gasteiger partial charge in [0.05, 0.1) is 0 Å². The van der Waals surface area contributed by atoms with E-state index in [1.165, 1.54) is 0 Å². The topological polar surface area (TPSA) is 78.9 Å². The second kappa shape index (κ2) is 7.11. The Morgan fingerprint density at radius 3 is 2.35 bits per heavy atom. The first-order valence-electron chi connectivity index (χ1n) is 5.71. The third-order valence-corrected chi connectivity index (χ3v) is 1.82. The van der Waals surface area contributed by atoms with Gasteiger partial charge in [-0.15, -0.1) is 0 Å². The molecule has 0 rings (SSSR count). The summed E-state index contributed by atoms with van der Waals surface area (Å²) in [5.41, 5.74) is -0.652. The quantitative estimate of drug-likeness (QED) is 0.740. The number of imide groups is 1. The molecule has 6 heteroatoms. The maximum absolute atomic E-state index is 11.7. The first-order chi connectivity index (χ1) is 7.81. The standard InChI is InChI=1S/C11H22N2O4/c1-5-6-7-13(9(15)12-8-14)10(16)17-11(2,3)4/h14H,5-8H2,1-4H3,(H,12,15). The SMILES string of the molecule is CCCCN(C(=O)NCO)C(=O)OC(C)(C)C. The second-order valence-corrected chi connectivity index (χ2v) is 4.63. The predicted molar refractivity (Wildman–Crippen MR) is 63.5 cm³/mol. The molecule has 0 aromatic rings. The largest absolute Gasteiger partial charge is 0.443 e. The molecule has 0 aromatic heterocycles. The zero-order valence-electron chi connectivity index (χ0n) is 10.9. The monoisotopic (exact) mass is 246 g/mol. The zero-order valence-corrected chi connectivity index (χ0v) is 10.9. The summed E-state index contributed by atoms with van der Waals surface area (Å²) in [6.45, 7) is 6.91. The first-order valence-corrected chi connectivity index (χ1v) is 5.71. The molecular formula is C11H22N2O4. The molecule has 6 nitrogen and oxygen atoms in total. The number of aliphatic hydroxyl groups is 1. The molecule has 0 bridgehead atoms. The lowest BCUT2D eigenvalue weighted by molar-refractivity contribution is 0.0314. The zero-order chi connectivity index (χ0) is 13.5. The van der Waals surface area contributed by atoms with Crippen molar-refractivity contribution >= 4 is 12.1 Å². The molecule has 0 aliphatic rings. The maximum Gasteiger partial charge on any atom is 0.418 e. The van der Waals surface area contributed by atoms with Crippen LogP contribution >= 0.6 is 0 Å². The summed E-state index contributed by atoms with van der Waals surface area (Å²) in [5, 5.41) is 10.8. The summed E-state index contributed by atoms with van der Waals surface area (Å²) >= 11 is 0. The van der Waals surface area contributed by atoms with Crippen LogP contribution < -0.4 is 5.32 Å². The van der Waals surface area contributed by atoms with Crippen LogP contribution in [-0.2, 0) is 4.74 Å². The lowest BCUT2D eigenvalue weighted by Crippen LogP contribution is -2.46. The van der Waals surface area contributed by atoms with Crippen LogP contribution in [0.15, 0.2) is 0 Å². The maximum atomic E-state index is 11.7. The van der Waals surface area contributed by atoms with Gasteiger partial charge >= 0.3 is 12.1 Å². The number of aliphatic hydroxyl groups excluding tert-OH is 1. The summed E-state index contributed by atoms with van der Waals surface area (Å²) in [6, 6.07) is -0.643. The fourth-order valence-corrected chi connectivity index (χ4v) is 1.07. The third-order valence-electron chi connectivity index (χ3n) is 1.82. The summed E-state index contributed by atoms with van der Waals surface area (Å²) in [7, 11) is 0. The highest BCUT2D eigenvalue weighted by atomic mass is 16.6. The van der Waals surface area contributed by atoms with Gasteiger partial charge < -0.3 is 15.2 Å². The van der Waals surface area contributed by atoms with E-state index in [0.717, 1.165) is 11.3 Å². The van der Waals surface area contributed by atoms with E-state index in [1.807, 2.05) is 6.92 Å². The van der Waals surface area contributed by atoms with Gasteiger partial charge in [0.1, 0.15) is 12.3 Å². The molecule has 0 fully saturated rings. The summed E-state index contributed by atoms with van der Waals surface area (Å²) in [5.74, 6) is 0. The van der Waals surface area contributed by atoms with Crippen molar-refractivity contribution in [2.45, 2.75) is 46.1 Å². The molecular weight excluding hydrogens is 224 g/mol. The number of nitrogens with one attached hydrogen (secondary N) is 1. The molecule has 0 spiro atoms. The highest BCUT2D eigenvalue weighted by Gasteiger charge is 2.26. The molecule has 2 N–H and O–H groups in total. The fraction of sp³-hybridized carbons (Fsp3) is 0.818. The number of urea groups is 1. The van der Waals surface area contributed by atoms with E-state index in [4.69, 9.17) is 9.84 Å². The first kappa shape index (κ1) is 15.7. The highest BCUT2D eigenvalue weighted by Crippen LogP contribution is 2.10. The van der Waals surface area contributed by atoms with Crippen molar-refractivity contribution in [1.29, 1.82) is 0 Å². The van der Waals surface area contributed by atoms with Gasteiger partial charge in [0.15, 0.2) is 0 Å². The molecule has 0 aromatic carbocycles. The van der Waals surface area contributed by atoms with Crippen molar-refractivity contribution in [1.82, 2.24) is 10.2 Å². The average Bonchev–Trinajstić information content (AvgIpc) is 2.15. The lowest BCUT2D eigenvalue weighted by Gasteiger charge is -2.25. The smallest absolute Gasteiger partial charge is 0.418 e. The number of amides is 3. The molecule has 17 heavy (non-hydrogen) atoms. The molecule has 0 heterocycles. The van der Waals surface area contributed by atoms with Crippen molar-refractivity contribution in [2.75, 3.05) is 13.3 Å². The summed E-state index contributed by atoms with van der Waals surface area (Å²) in [4.78, 5) is 24.2. The van der Waals surface area contributed by atoms with E-state index in [-0.39, 0.29) is 6.54 Å². The van der Waals surface area contributed by atoms with Crippen LogP contribution in [0, 0.1) is 0 Å².